The fourth-order valence-corrected chi connectivity index (χ4v) is 5.92. The second kappa shape index (κ2) is 9.90. The number of fused-ring (bicyclic) bond motifs is 1. The van der Waals surface area contributed by atoms with Crippen LogP contribution < -0.4 is 5.32 Å². The van der Waals surface area contributed by atoms with Gasteiger partial charge in [-0.3, -0.25) is 29.6 Å². The van der Waals surface area contributed by atoms with Crippen LogP contribution in [0.2, 0.25) is 0 Å². The molecule has 0 saturated carbocycles. The fourth-order valence-electron chi connectivity index (χ4n) is 5.92. The number of rotatable bonds is 5. The van der Waals surface area contributed by atoms with Gasteiger partial charge in [-0.15, -0.1) is 0 Å². The van der Waals surface area contributed by atoms with Gasteiger partial charge in [0.15, 0.2) is 0 Å². The van der Waals surface area contributed by atoms with Crippen LogP contribution in [-0.2, 0) is 22.7 Å². The van der Waals surface area contributed by atoms with Gasteiger partial charge in [-0.1, -0.05) is 36.4 Å². The molecule has 0 bridgehead atoms. The Morgan fingerprint density at radius 2 is 1.84 bits per heavy atom. The average molecular weight is 495 g/mol. The van der Waals surface area contributed by atoms with E-state index in [1.807, 2.05) is 24.4 Å². The minimum absolute atomic E-state index is 0.157. The number of carbonyl (C=O) groups is 3. The van der Waals surface area contributed by atoms with Crippen LogP contribution in [0.1, 0.15) is 58.6 Å². The highest BCUT2D eigenvalue weighted by atomic mass is 16.2. The first-order chi connectivity index (χ1) is 18.0. The molecule has 0 aliphatic carbocycles. The van der Waals surface area contributed by atoms with E-state index in [-0.39, 0.29) is 24.1 Å². The van der Waals surface area contributed by atoms with Gasteiger partial charge in [0, 0.05) is 43.4 Å². The molecule has 3 aliphatic rings. The average Bonchev–Trinajstić information content (AvgIpc) is 3.25. The van der Waals surface area contributed by atoms with Gasteiger partial charge in [0.1, 0.15) is 6.04 Å². The molecule has 3 aliphatic heterocycles. The van der Waals surface area contributed by atoms with Crippen LogP contribution in [0.15, 0.2) is 66.9 Å². The zero-order valence-electron chi connectivity index (χ0n) is 20.7. The molecule has 188 valence electrons. The molecule has 4 heterocycles. The van der Waals surface area contributed by atoms with Gasteiger partial charge in [-0.25, -0.2) is 0 Å². The van der Waals surface area contributed by atoms with Crippen LogP contribution in [0.4, 0.5) is 0 Å². The Morgan fingerprint density at radius 3 is 2.68 bits per heavy atom. The van der Waals surface area contributed by atoms with E-state index >= 15 is 0 Å². The number of likely N-dealkylation sites (tertiary alicyclic amines) is 1. The van der Waals surface area contributed by atoms with Crippen molar-refractivity contribution in [3.05, 3.63) is 89.1 Å². The van der Waals surface area contributed by atoms with E-state index in [0.29, 0.717) is 24.4 Å². The lowest BCUT2D eigenvalue weighted by Crippen LogP contribution is -2.52. The Bertz CT molecular complexity index is 1360. The molecule has 3 amide bonds. The standard InChI is InChI=1S/C30H30N4O3/c35-28-11-10-27(29(36)32-28)34-19-24-16-22(8-9-25(24)30(34)37)26-15-20(12-13-31-26)17-33-14-4-7-23(18-33)21-5-2-1-3-6-21/h1-3,5-6,8-9,12-13,15-16,23,27H,4,7,10-11,14,17-19H2,(H,32,35,36). The zero-order chi connectivity index (χ0) is 25.4. The molecule has 2 saturated heterocycles. The van der Waals surface area contributed by atoms with Crippen LogP contribution in [0, 0.1) is 0 Å². The number of aromatic nitrogens is 1. The molecule has 1 N–H and O–H groups in total. The molecule has 0 spiro atoms. The van der Waals surface area contributed by atoms with E-state index in [4.69, 9.17) is 0 Å². The van der Waals surface area contributed by atoms with Crippen molar-refractivity contribution in [2.45, 2.75) is 50.7 Å². The highest BCUT2D eigenvalue weighted by molar-refractivity contribution is 6.05. The van der Waals surface area contributed by atoms with E-state index in [1.165, 1.54) is 24.0 Å². The number of nitrogens with zero attached hydrogens (tertiary/aromatic N) is 3. The first kappa shape index (κ1) is 23.6. The van der Waals surface area contributed by atoms with Gasteiger partial charge in [0.2, 0.25) is 11.8 Å². The van der Waals surface area contributed by atoms with Crippen LogP contribution in [0.25, 0.3) is 11.3 Å². The largest absolute Gasteiger partial charge is 0.322 e. The number of benzene rings is 2. The first-order valence-corrected chi connectivity index (χ1v) is 13.1. The Balaban J connectivity index is 1.17. The van der Waals surface area contributed by atoms with Crippen LogP contribution >= 0.6 is 0 Å². The van der Waals surface area contributed by atoms with Crippen molar-refractivity contribution >= 4 is 17.7 Å². The smallest absolute Gasteiger partial charge is 0.255 e. The maximum atomic E-state index is 13.0. The molecule has 6 rings (SSSR count). The second-order valence-corrected chi connectivity index (χ2v) is 10.3. The maximum absolute atomic E-state index is 13.0. The summed E-state index contributed by atoms with van der Waals surface area (Å²) in [4.78, 5) is 45.6. The van der Waals surface area contributed by atoms with Crippen LogP contribution in [0.3, 0.4) is 0 Å². The van der Waals surface area contributed by atoms with Gasteiger partial charge < -0.3 is 4.90 Å². The Morgan fingerprint density at radius 1 is 0.973 bits per heavy atom. The molecule has 37 heavy (non-hydrogen) atoms. The molecule has 1 aromatic heterocycles. The number of pyridine rings is 1. The van der Waals surface area contributed by atoms with Crippen molar-refractivity contribution in [1.29, 1.82) is 0 Å². The fraction of sp³-hybridized carbons (Fsp3) is 0.333. The van der Waals surface area contributed by atoms with Gasteiger partial charge in [-0.05, 0) is 72.7 Å². The van der Waals surface area contributed by atoms with Gasteiger partial charge in [0.05, 0.1) is 5.69 Å². The Kier molecular flexibility index (Phi) is 6.30. The molecular formula is C30H30N4O3. The molecule has 2 aromatic carbocycles. The van der Waals surface area contributed by atoms with Crippen molar-refractivity contribution < 1.29 is 14.4 Å². The van der Waals surface area contributed by atoms with Crippen LogP contribution in [-0.4, -0.2) is 51.6 Å². The Hall–Kier alpha value is -3.84. The molecular weight excluding hydrogens is 464 g/mol. The summed E-state index contributed by atoms with van der Waals surface area (Å²) >= 11 is 0. The topological polar surface area (TPSA) is 82.6 Å². The van der Waals surface area contributed by atoms with Crippen molar-refractivity contribution in [1.82, 2.24) is 20.1 Å². The van der Waals surface area contributed by atoms with Gasteiger partial charge in [0.25, 0.3) is 5.91 Å². The lowest BCUT2D eigenvalue weighted by molar-refractivity contribution is -0.136. The van der Waals surface area contributed by atoms with E-state index < -0.39 is 6.04 Å². The van der Waals surface area contributed by atoms with Crippen LogP contribution in [0.5, 0.6) is 0 Å². The summed E-state index contributed by atoms with van der Waals surface area (Å²) in [5.41, 5.74) is 5.98. The third kappa shape index (κ3) is 4.79. The molecule has 2 fully saturated rings. The second-order valence-electron chi connectivity index (χ2n) is 10.3. The lowest BCUT2D eigenvalue weighted by atomic mass is 9.90. The molecule has 2 unspecified atom stereocenters. The summed E-state index contributed by atoms with van der Waals surface area (Å²) < 4.78 is 0. The molecule has 2 atom stereocenters. The first-order valence-electron chi connectivity index (χ1n) is 13.1. The van der Waals surface area contributed by atoms with E-state index in [9.17, 15) is 14.4 Å². The summed E-state index contributed by atoms with van der Waals surface area (Å²) in [6.07, 6.45) is 4.90. The summed E-state index contributed by atoms with van der Waals surface area (Å²) in [6.45, 7) is 3.39. The quantitative estimate of drug-likeness (QED) is 0.544. The number of hydrogen-bond acceptors (Lipinski definition) is 5. The van der Waals surface area contributed by atoms with Gasteiger partial charge in [-0.2, -0.15) is 0 Å². The summed E-state index contributed by atoms with van der Waals surface area (Å²) in [6, 6.07) is 20.2. The normalized spacial score (nSPS) is 22.2. The lowest BCUT2D eigenvalue weighted by Gasteiger charge is -2.33. The molecule has 7 heteroatoms. The number of piperidine rings is 2. The van der Waals surface area contributed by atoms with Crippen molar-refractivity contribution in [3.63, 3.8) is 0 Å². The minimum Gasteiger partial charge on any atom is -0.322 e. The summed E-state index contributed by atoms with van der Waals surface area (Å²) in [5.74, 6) is -0.258. The third-order valence-electron chi connectivity index (χ3n) is 7.83. The number of amides is 3. The van der Waals surface area contributed by atoms with Crippen molar-refractivity contribution in [2.24, 2.45) is 0 Å². The van der Waals surface area contributed by atoms with Crippen molar-refractivity contribution in [3.8, 4) is 11.3 Å². The van der Waals surface area contributed by atoms with E-state index in [2.05, 4.69) is 57.7 Å². The minimum atomic E-state index is -0.605. The summed E-state index contributed by atoms with van der Waals surface area (Å²) in [7, 11) is 0. The SMILES string of the molecule is O=C1CCC(N2Cc3cc(-c4cc(CN5CCCC(c6ccccc6)C5)ccn4)ccc3C2=O)C(=O)N1. The molecule has 3 aromatic rings. The monoisotopic (exact) mass is 494 g/mol. The Labute approximate surface area is 216 Å². The van der Waals surface area contributed by atoms with Gasteiger partial charge >= 0.3 is 0 Å². The predicted octanol–water partition coefficient (Wildman–Crippen LogP) is 3.89. The highest BCUT2D eigenvalue weighted by Gasteiger charge is 2.39. The number of nitrogens with one attached hydrogen (secondary N) is 1. The third-order valence-corrected chi connectivity index (χ3v) is 7.83. The molecule has 7 nitrogen and oxygen atoms in total. The van der Waals surface area contributed by atoms with E-state index in [0.717, 1.165) is 36.5 Å². The summed E-state index contributed by atoms with van der Waals surface area (Å²) in [5, 5.41) is 2.36. The number of carbonyl (C=O) groups excluding carboxylic acids is 3. The zero-order valence-corrected chi connectivity index (χ0v) is 20.7. The maximum Gasteiger partial charge on any atom is 0.255 e. The predicted molar refractivity (Wildman–Crippen MR) is 139 cm³/mol. The number of imide groups is 1. The van der Waals surface area contributed by atoms with E-state index in [1.54, 1.807) is 4.90 Å². The highest BCUT2D eigenvalue weighted by Crippen LogP contribution is 2.32. The molecule has 0 radical (unpaired) electrons. The number of hydrogen-bond donors (Lipinski definition) is 1. The van der Waals surface area contributed by atoms with Crippen molar-refractivity contribution in [2.75, 3.05) is 13.1 Å².